The summed E-state index contributed by atoms with van der Waals surface area (Å²) in [6.45, 7) is 4.70. The lowest BCUT2D eigenvalue weighted by molar-refractivity contribution is 0.660. The highest BCUT2D eigenvalue weighted by molar-refractivity contribution is 6.16. The minimum atomic E-state index is -0.126. The van der Waals surface area contributed by atoms with Gasteiger partial charge in [-0.3, -0.25) is 0 Å². The minimum Gasteiger partial charge on any atom is -0.455 e. The van der Waals surface area contributed by atoms with Crippen LogP contribution in [0.2, 0.25) is 0 Å². The van der Waals surface area contributed by atoms with Gasteiger partial charge in [0.15, 0.2) is 0 Å². The molecular formula is C49H35NO. The van der Waals surface area contributed by atoms with Crippen LogP contribution in [0.1, 0.15) is 25.0 Å². The molecule has 0 N–H and O–H groups in total. The zero-order chi connectivity index (χ0) is 34.1. The van der Waals surface area contributed by atoms with E-state index in [2.05, 4.69) is 195 Å². The summed E-state index contributed by atoms with van der Waals surface area (Å²) in [7, 11) is 0. The Morgan fingerprint density at radius 1 is 0.431 bits per heavy atom. The van der Waals surface area contributed by atoms with Gasteiger partial charge in [0.05, 0.1) is 5.69 Å². The summed E-state index contributed by atoms with van der Waals surface area (Å²) in [4.78, 5) is 2.44. The fourth-order valence-corrected chi connectivity index (χ4v) is 8.26. The smallest absolute Gasteiger partial charge is 0.143 e. The highest BCUT2D eigenvalue weighted by atomic mass is 16.3. The molecule has 0 amide bonds. The topological polar surface area (TPSA) is 16.4 Å². The van der Waals surface area contributed by atoms with E-state index in [1.807, 2.05) is 0 Å². The quantitative estimate of drug-likeness (QED) is 0.184. The maximum atomic E-state index is 6.74. The van der Waals surface area contributed by atoms with E-state index in [0.717, 1.165) is 55.5 Å². The fraction of sp³-hybridized carbons (Fsp3) is 0.0612. The molecule has 0 fully saturated rings. The van der Waals surface area contributed by atoms with Gasteiger partial charge in [-0.1, -0.05) is 147 Å². The second-order valence-electron chi connectivity index (χ2n) is 14.1. The van der Waals surface area contributed by atoms with E-state index in [9.17, 15) is 0 Å². The summed E-state index contributed by atoms with van der Waals surface area (Å²) in [5, 5.41) is 4.52. The Hall–Kier alpha value is -6.38. The van der Waals surface area contributed by atoms with E-state index in [1.54, 1.807) is 0 Å². The molecule has 2 heteroatoms. The van der Waals surface area contributed by atoms with Gasteiger partial charge < -0.3 is 9.32 Å². The summed E-state index contributed by atoms with van der Waals surface area (Å²) < 4.78 is 6.74. The zero-order valence-corrected chi connectivity index (χ0v) is 28.6. The first kappa shape index (κ1) is 29.5. The highest BCUT2D eigenvalue weighted by Crippen LogP contribution is 2.52. The van der Waals surface area contributed by atoms with Crippen molar-refractivity contribution >= 4 is 49.8 Å². The molecule has 0 saturated heterocycles. The van der Waals surface area contributed by atoms with Crippen molar-refractivity contribution in [3.8, 4) is 33.4 Å². The summed E-state index contributed by atoms with van der Waals surface area (Å²) in [5.41, 5.74) is 15.0. The standard InChI is InChI=1S/C49H35NO/c1-49(2)44-20-12-11-19-39(44)40-28-26-37(29-45(40)49)50(36-24-21-33(22-25-36)32-13-5-3-6-14-32)46-30-43-41-27-23-35-17-9-10-18-38(35)48(41)51-47(43)31-42(46)34-15-7-4-8-16-34/h3-31H,1-2H3. The van der Waals surface area contributed by atoms with Crippen molar-refractivity contribution in [2.75, 3.05) is 4.90 Å². The number of rotatable bonds is 5. The molecule has 1 heterocycles. The molecule has 242 valence electrons. The molecule has 0 aliphatic heterocycles. The monoisotopic (exact) mass is 653 g/mol. The van der Waals surface area contributed by atoms with Gasteiger partial charge in [-0.05, 0) is 86.8 Å². The third-order valence-corrected chi connectivity index (χ3v) is 10.9. The fourth-order valence-electron chi connectivity index (χ4n) is 8.26. The van der Waals surface area contributed by atoms with E-state index in [0.29, 0.717) is 0 Å². The van der Waals surface area contributed by atoms with Crippen molar-refractivity contribution < 1.29 is 4.42 Å². The molecule has 10 rings (SSSR count). The number of fused-ring (bicyclic) bond motifs is 8. The van der Waals surface area contributed by atoms with Crippen molar-refractivity contribution in [2.24, 2.45) is 0 Å². The number of anilines is 3. The maximum absolute atomic E-state index is 6.74. The molecule has 0 unspecified atom stereocenters. The summed E-state index contributed by atoms with van der Waals surface area (Å²) >= 11 is 0. The molecule has 9 aromatic rings. The summed E-state index contributed by atoms with van der Waals surface area (Å²) in [6.07, 6.45) is 0. The van der Waals surface area contributed by atoms with Gasteiger partial charge in [0.25, 0.3) is 0 Å². The van der Waals surface area contributed by atoms with E-state index in [4.69, 9.17) is 4.42 Å². The first-order valence-electron chi connectivity index (χ1n) is 17.7. The number of benzene rings is 8. The lowest BCUT2D eigenvalue weighted by Gasteiger charge is -2.30. The van der Waals surface area contributed by atoms with Gasteiger partial charge in [0.1, 0.15) is 11.2 Å². The van der Waals surface area contributed by atoms with Gasteiger partial charge in [0.2, 0.25) is 0 Å². The first-order valence-corrected chi connectivity index (χ1v) is 17.7. The molecule has 51 heavy (non-hydrogen) atoms. The molecule has 1 aliphatic carbocycles. The lowest BCUT2D eigenvalue weighted by atomic mass is 9.82. The Labute approximate surface area is 297 Å². The van der Waals surface area contributed by atoms with E-state index < -0.39 is 0 Å². The van der Waals surface area contributed by atoms with Gasteiger partial charge in [-0.25, -0.2) is 0 Å². The van der Waals surface area contributed by atoms with Crippen molar-refractivity contribution in [1.29, 1.82) is 0 Å². The van der Waals surface area contributed by atoms with Crippen LogP contribution >= 0.6 is 0 Å². The molecule has 1 aromatic heterocycles. The van der Waals surface area contributed by atoms with E-state index >= 15 is 0 Å². The van der Waals surface area contributed by atoms with E-state index in [-0.39, 0.29) is 5.41 Å². The zero-order valence-electron chi connectivity index (χ0n) is 28.6. The van der Waals surface area contributed by atoms with Crippen molar-refractivity contribution in [3.05, 3.63) is 187 Å². The molecular weight excluding hydrogens is 619 g/mol. The second kappa shape index (κ2) is 11.3. The van der Waals surface area contributed by atoms with Crippen LogP contribution in [0.5, 0.6) is 0 Å². The summed E-state index contributed by atoms with van der Waals surface area (Å²) in [6, 6.07) is 63.7. The van der Waals surface area contributed by atoms with Crippen LogP contribution < -0.4 is 4.90 Å². The number of hydrogen-bond acceptors (Lipinski definition) is 2. The van der Waals surface area contributed by atoms with Gasteiger partial charge >= 0.3 is 0 Å². The third kappa shape index (κ3) is 4.64. The molecule has 0 radical (unpaired) electrons. The maximum Gasteiger partial charge on any atom is 0.143 e. The van der Waals surface area contributed by atoms with Crippen LogP contribution in [-0.2, 0) is 5.41 Å². The van der Waals surface area contributed by atoms with Crippen LogP contribution in [-0.4, -0.2) is 0 Å². The van der Waals surface area contributed by atoms with Gasteiger partial charge in [-0.2, -0.15) is 0 Å². The Kier molecular flexibility index (Phi) is 6.56. The normalized spacial score (nSPS) is 13.1. The molecule has 8 aromatic carbocycles. The molecule has 0 atom stereocenters. The first-order chi connectivity index (χ1) is 25.0. The number of furan rings is 1. The molecule has 0 saturated carbocycles. The largest absolute Gasteiger partial charge is 0.455 e. The van der Waals surface area contributed by atoms with Crippen LogP contribution in [0.3, 0.4) is 0 Å². The Bertz CT molecular complexity index is 2760. The Morgan fingerprint density at radius 2 is 1.08 bits per heavy atom. The molecule has 1 aliphatic rings. The SMILES string of the molecule is CC1(C)c2ccccc2-c2ccc(N(c3ccc(-c4ccccc4)cc3)c3cc4c(cc3-c3ccccc3)oc3c5ccccc5ccc43)cc21. The minimum absolute atomic E-state index is 0.126. The van der Waals surface area contributed by atoms with Crippen molar-refractivity contribution in [1.82, 2.24) is 0 Å². The third-order valence-electron chi connectivity index (χ3n) is 10.9. The average Bonchev–Trinajstić information content (AvgIpc) is 3.67. The van der Waals surface area contributed by atoms with Gasteiger partial charge in [0, 0.05) is 38.5 Å². The number of nitrogens with zero attached hydrogens (tertiary/aromatic N) is 1. The average molecular weight is 654 g/mol. The van der Waals surface area contributed by atoms with Crippen LogP contribution in [0.4, 0.5) is 17.1 Å². The predicted octanol–water partition coefficient (Wildman–Crippen LogP) is 13.8. The number of hydrogen-bond donors (Lipinski definition) is 0. The van der Waals surface area contributed by atoms with Crippen LogP contribution in [0.15, 0.2) is 180 Å². The molecule has 2 nitrogen and oxygen atoms in total. The van der Waals surface area contributed by atoms with Gasteiger partial charge in [-0.15, -0.1) is 0 Å². The van der Waals surface area contributed by atoms with Crippen LogP contribution in [0.25, 0.3) is 66.1 Å². The molecule has 0 bridgehead atoms. The van der Waals surface area contributed by atoms with Crippen LogP contribution in [0, 0.1) is 0 Å². The van der Waals surface area contributed by atoms with Crippen molar-refractivity contribution in [3.63, 3.8) is 0 Å². The highest BCUT2D eigenvalue weighted by Gasteiger charge is 2.36. The Morgan fingerprint density at radius 3 is 1.88 bits per heavy atom. The summed E-state index contributed by atoms with van der Waals surface area (Å²) in [5.74, 6) is 0. The Balaban J connectivity index is 1.25. The second-order valence-corrected chi connectivity index (χ2v) is 14.1. The van der Waals surface area contributed by atoms with Crippen molar-refractivity contribution in [2.45, 2.75) is 19.3 Å². The van der Waals surface area contributed by atoms with E-state index in [1.165, 1.54) is 38.8 Å². The lowest BCUT2D eigenvalue weighted by Crippen LogP contribution is -2.17. The molecule has 0 spiro atoms. The predicted molar refractivity (Wildman–Crippen MR) is 214 cm³/mol.